The van der Waals surface area contributed by atoms with E-state index in [0.717, 1.165) is 0 Å². The SMILES string of the molecule is CC(=CC(F)C(F)(F)C(F)(F)C(F)(F)C(F)(F)C(F)(F)C(F)(F)C(F)(F)F)C(=O)O. The Kier molecular flexibility index (Phi) is 6.88. The van der Waals surface area contributed by atoms with Gasteiger partial charge in [0.25, 0.3) is 0 Å². The van der Waals surface area contributed by atoms with Gasteiger partial charge in [0, 0.05) is 5.57 Å². The Morgan fingerprint density at radius 3 is 1.27 bits per heavy atom. The zero-order chi connectivity index (χ0) is 24.9. The zero-order valence-electron chi connectivity index (χ0n) is 13.6. The van der Waals surface area contributed by atoms with Crippen LogP contribution >= 0.6 is 0 Å². The molecule has 0 saturated carbocycles. The number of hydrogen-bond acceptors (Lipinski definition) is 1. The van der Waals surface area contributed by atoms with Crippen molar-refractivity contribution in [2.75, 3.05) is 0 Å². The summed E-state index contributed by atoms with van der Waals surface area (Å²) in [6, 6.07) is 0. The molecule has 0 aromatic carbocycles. The van der Waals surface area contributed by atoms with E-state index in [1.165, 1.54) is 0 Å². The molecule has 0 amide bonds. The summed E-state index contributed by atoms with van der Waals surface area (Å²) >= 11 is 0. The van der Waals surface area contributed by atoms with Crippen LogP contribution in [0.15, 0.2) is 11.6 Å². The summed E-state index contributed by atoms with van der Waals surface area (Å²) in [7, 11) is 0. The molecule has 0 aliphatic heterocycles. The first-order chi connectivity index (χ1) is 12.7. The van der Waals surface area contributed by atoms with Crippen molar-refractivity contribution in [3.05, 3.63) is 11.6 Å². The van der Waals surface area contributed by atoms with Gasteiger partial charge in [-0.05, 0) is 13.0 Å². The highest BCUT2D eigenvalue weighted by atomic mass is 19.4. The van der Waals surface area contributed by atoms with Crippen LogP contribution in [0.25, 0.3) is 0 Å². The van der Waals surface area contributed by atoms with E-state index < -0.39 is 65.5 Å². The lowest BCUT2D eigenvalue weighted by atomic mass is 9.89. The molecule has 1 N–H and O–H groups in total. The fourth-order valence-corrected chi connectivity index (χ4v) is 1.55. The van der Waals surface area contributed by atoms with Crippen LogP contribution in [-0.4, -0.2) is 59.0 Å². The number of rotatable bonds is 8. The Morgan fingerprint density at radius 2 is 0.967 bits per heavy atom. The quantitative estimate of drug-likeness (QED) is 0.352. The molecule has 0 saturated heterocycles. The Hall–Kier alpha value is -1.91. The number of hydrogen-bond donors (Lipinski definition) is 1. The van der Waals surface area contributed by atoms with Crippen molar-refractivity contribution in [1.29, 1.82) is 0 Å². The Labute approximate surface area is 154 Å². The van der Waals surface area contributed by atoms with Gasteiger partial charge in [-0.3, -0.25) is 0 Å². The van der Waals surface area contributed by atoms with E-state index >= 15 is 0 Å². The minimum Gasteiger partial charge on any atom is -0.478 e. The molecule has 0 aromatic rings. The molecule has 1 atom stereocenters. The van der Waals surface area contributed by atoms with Gasteiger partial charge in [0.1, 0.15) is 0 Å². The fraction of sp³-hybridized carbons (Fsp3) is 0.750. The van der Waals surface area contributed by atoms with E-state index in [4.69, 9.17) is 5.11 Å². The monoisotopic (exact) mass is 486 g/mol. The zero-order valence-corrected chi connectivity index (χ0v) is 13.6. The van der Waals surface area contributed by atoms with Gasteiger partial charge in [0.05, 0.1) is 0 Å². The number of aliphatic carboxylic acids is 1. The van der Waals surface area contributed by atoms with Crippen LogP contribution in [0.1, 0.15) is 6.92 Å². The Balaban J connectivity index is 6.62. The second-order valence-corrected chi connectivity index (χ2v) is 5.55. The summed E-state index contributed by atoms with van der Waals surface area (Å²) in [5.41, 5.74) is -1.61. The molecule has 18 heteroatoms. The van der Waals surface area contributed by atoms with Gasteiger partial charge in [-0.1, -0.05) is 0 Å². The normalized spacial score (nSPS) is 17.2. The highest BCUT2D eigenvalue weighted by Crippen LogP contribution is 2.62. The van der Waals surface area contributed by atoms with Crippen molar-refractivity contribution in [3.63, 3.8) is 0 Å². The maximum atomic E-state index is 13.3. The smallest absolute Gasteiger partial charge is 0.460 e. The highest BCUT2D eigenvalue weighted by Gasteiger charge is 2.93. The number of carboxylic acid groups (broad SMARTS) is 1. The molecule has 0 rings (SSSR count). The molecule has 2 nitrogen and oxygen atoms in total. The molecule has 1 unspecified atom stereocenters. The second kappa shape index (κ2) is 7.35. The first kappa shape index (κ1) is 28.1. The molecule has 30 heavy (non-hydrogen) atoms. The van der Waals surface area contributed by atoms with Gasteiger partial charge in [-0.25, -0.2) is 9.18 Å². The van der Waals surface area contributed by atoms with Crippen molar-refractivity contribution >= 4 is 5.97 Å². The lowest BCUT2D eigenvalue weighted by molar-refractivity contribution is -0.453. The number of allylic oxidation sites excluding steroid dienone is 1. The molecule has 0 radical (unpaired) electrons. The van der Waals surface area contributed by atoms with Gasteiger partial charge < -0.3 is 5.11 Å². The molecular formula is C12H6F16O2. The second-order valence-electron chi connectivity index (χ2n) is 5.55. The van der Waals surface area contributed by atoms with Gasteiger partial charge in [-0.2, -0.15) is 65.9 Å². The minimum atomic E-state index is -8.53. The largest absolute Gasteiger partial charge is 0.478 e. The predicted octanol–water partition coefficient (Wildman–Crippen LogP) is 5.73. The first-order valence-electron chi connectivity index (χ1n) is 6.64. The van der Waals surface area contributed by atoms with Crippen LogP contribution in [-0.2, 0) is 4.79 Å². The maximum absolute atomic E-state index is 13.3. The molecular weight excluding hydrogens is 480 g/mol. The number of halogens is 16. The third-order valence-electron chi connectivity index (χ3n) is 3.43. The number of carboxylic acids is 1. The van der Waals surface area contributed by atoms with E-state index in [2.05, 4.69) is 0 Å². The maximum Gasteiger partial charge on any atom is 0.460 e. The van der Waals surface area contributed by atoms with Crippen LogP contribution in [0.3, 0.4) is 0 Å². The van der Waals surface area contributed by atoms with Gasteiger partial charge in [0.2, 0.25) is 0 Å². The molecule has 178 valence electrons. The van der Waals surface area contributed by atoms with Crippen LogP contribution in [0.4, 0.5) is 70.2 Å². The summed E-state index contributed by atoms with van der Waals surface area (Å²) in [6.45, 7) is 0.202. The third-order valence-corrected chi connectivity index (χ3v) is 3.43. The van der Waals surface area contributed by atoms with Gasteiger partial charge in [0.15, 0.2) is 6.17 Å². The molecule has 0 aliphatic carbocycles. The average molecular weight is 486 g/mol. The standard InChI is InChI=1S/C12H6F16O2/c1-3(5(29)30)2-4(13)6(14,15)7(16,17)8(18,19)9(20,21)10(22,23)11(24,25)12(26,27)28/h2,4H,1H3,(H,29,30). The van der Waals surface area contributed by atoms with E-state index in [1.54, 1.807) is 0 Å². The average Bonchev–Trinajstić information content (AvgIpc) is 2.52. The molecule has 0 fully saturated rings. The fourth-order valence-electron chi connectivity index (χ4n) is 1.55. The molecule has 0 aromatic heterocycles. The topological polar surface area (TPSA) is 37.3 Å². The van der Waals surface area contributed by atoms with Crippen molar-refractivity contribution in [2.45, 2.75) is 54.8 Å². The van der Waals surface area contributed by atoms with Crippen LogP contribution in [0.2, 0.25) is 0 Å². The lowest BCUT2D eigenvalue weighted by Crippen LogP contribution is -2.73. The molecule has 0 spiro atoms. The summed E-state index contributed by atoms with van der Waals surface area (Å²) in [6.07, 6.45) is -13.7. The van der Waals surface area contributed by atoms with E-state index in [1.807, 2.05) is 0 Å². The van der Waals surface area contributed by atoms with Crippen LogP contribution in [0, 0.1) is 0 Å². The van der Waals surface area contributed by atoms with E-state index in [0.29, 0.717) is 0 Å². The van der Waals surface area contributed by atoms with Crippen LogP contribution < -0.4 is 0 Å². The number of alkyl halides is 16. The van der Waals surface area contributed by atoms with Gasteiger partial charge >= 0.3 is 47.7 Å². The number of carbonyl (C=O) groups is 1. The minimum absolute atomic E-state index is 0.202. The van der Waals surface area contributed by atoms with Crippen molar-refractivity contribution in [1.82, 2.24) is 0 Å². The van der Waals surface area contributed by atoms with E-state index in [9.17, 15) is 75.0 Å². The van der Waals surface area contributed by atoms with Crippen molar-refractivity contribution < 1.29 is 80.1 Å². The summed E-state index contributed by atoms with van der Waals surface area (Å²) in [5.74, 6) is -51.1. The summed E-state index contributed by atoms with van der Waals surface area (Å²) < 4.78 is 206. The predicted molar refractivity (Wildman–Crippen MR) is 62.0 cm³/mol. The van der Waals surface area contributed by atoms with Crippen LogP contribution in [0.5, 0.6) is 0 Å². The Bertz CT molecular complexity index is 689. The molecule has 0 aliphatic rings. The van der Waals surface area contributed by atoms with E-state index in [-0.39, 0.29) is 6.92 Å². The molecule has 0 heterocycles. The first-order valence-corrected chi connectivity index (χ1v) is 6.64. The van der Waals surface area contributed by atoms with Crippen molar-refractivity contribution in [3.8, 4) is 0 Å². The Morgan fingerprint density at radius 1 is 0.667 bits per heavy atom. The summed E-state index contributed by atoms with van der Waals surface area (Å²) in [5, 5.41) is 8.24. The third kappa shape index (κ3) is 3.76. The molecule has 0 bridgehead atoms. The lowest BCUT2D eigenvalue weighted by Gasteiger charge is -2.41. The van der Waals surface area contributed by atoms with Gasteiger partial charge in [-0.15, -0.1) is 0 Å². The summed E-state index contributed by atoms with van der Waals surface area (Å²) in [4.78, 5) is 10.3. The van der Waals surface area contributed by atoms with Crippen molar-refractivity contribution in [2.24, 2.45) is 0 Å². The highest BCUT2D eigenvalue weighted by molar-refractivity contribution is 5.85.